The van der Waals surface area contributed by atoms with Crippen molar-refractivity contribution in [1.29, 1.82) is 0 Å². The predicted octanol–water partition coefficient (Wildman–Crippen LogP) is 1.21. The van der Waals surface area contributed by atoms with E-state index in [9.17, 15) is 14.9 Å². The van der Waals surface area contributed by atoms with Gasteiger partial charge >= 0.3 is 5.97 Å². The van der Waals surface area contributed by atoms with E-state index in [1.54, 1.807) is 0 Å². The number of thioether (sulfide) groups is 1. The predicted molar refractivity (Wildman–Crippen MR) is 73.1 cm³/mol. The summed E-state index contributed by atoms with van der Waals surface area (Å²) in [5.41, 5.74) is 5.50. The van der Waals surface area contributed by atoms with Crippen LogP contribution in [0, 0.1) is 10.1 Å². The highest BCUT2D eigenvalue weighted by molar-refractivity contribution is 7.99. The van der Waals surface area contributed by atoms with Crippen molar-refractivity contribution in [3.05, 3.63) is 27.8 Å². The molecule has 0 aliphatic heterocycles. The standard InChI is InChI=1S/C11H14N2O6S/c1-18-8-3-6(5-20-10(12)11(14)15)7(13(16)17)4-9(8)19-2/h3-4,10H,5,12H2,1-2H3,(H,14,15). The molecule has 0 radical (unpaired) electrons. The Balaban J connectivity index is 3.09. The first kappa shape index (κ1) is 16.1. The fourth-order valence-corrected chi connectivity index (χ4v) is 2.18. The van der Waals surface area contributed by atoms with E-state index in [4.69, 9.17) is 20.3 Å². The topological polar surface area (TPSA) is 125 Å². The number of nitrogens with zero attached hydrogens (tertiary/aromatic N) is 1. The molecule has 0 aliphatic rings. The molecule has 0 bridgehead atoms. The second-order valence-electron chi connectivity index (χ2n) is 3.66. The number of hydrogen-bond acceptors (Lipinski definition) is 7. The number of benzene rings is 1. The van der Waals surface area contributed by atoms with Crippen LogP contribution in [0.4, 0.5) is 5.69 Å². The van der Waals surface area contributed by atoms with Gasteiger partial charge in [-0.05, 0) is 6.07 Å². The number of methoxy groups -OCH3 is 2. The second kappa shape index (κ2) is 6.96. The Bertz CT molecular complexity index is 522. The summed E-state index contributed by atoms with van der Waals surface area (Å²) in [6.07, 6.45) is 0. The van der Waals surface area contributed by atoms with E-state index in [0.29, 0.717) is 11.3 Å². The van der Waals surface area contributed by atoms with Crippen LogP contribution in [0.2, 0.25) is 0 Å². The van der Waals surface area contributed by atoms with E-state index < -0.39 is 16.3 Å². The average Bonchev–Trinajstić information content (AvgIpc) is 2.43. The summed E-state index contributed by atoms with van der Waals surface area (Å²) >= 11 is 0.879. The number of nitro groups is 1. The molecule has 1 aromatic rings. The number of aliphatic carboxylic acids is 1. The molecule has 110 valence electrons. The number of carbonyl (C=O) groups is 1. The summed E-state index contributed by atoms with van der Waals surface area (Å²) < 4.78 is 10.1. The molecule has 0 saturated heterocycles. The lowest BCUT2D eigenvalue weighted by atomic mass is 10.2. The van der Waals surface area contributed by atoms with Crippen molar-refractivity contribution in [3.63, 3.8) is 0 Å². The van der Waals surface area contributed by atoms with Crippen LogP contribution in [0.1, 0.15) is 5.56 Å². The first-order valence-corrected chi connectivity index (χ1v) is 6.44. The zero-order chi connectivity index (χ0) is 15.3. The highest BCUT2D eigenvalue weighted by atomic mass is 32.2. The van der Waals surface area contributed by atoms with E-state index in [0.717, 1.165) is 11.8 Å². The quantitative estimate of drug-likeness (QED) is 0.437. The minimum atomic E-state index is -1.18. The molecule has 0 fully saturated rings. The monoisotopic (exact) mass is 302 g/mol. The molecule has 1 unspecified atom stereocenters. The van der Waals surface area contributed by atoms with Crippen molar-refractivity contribution in [2.24, 2.45) is 5.73 Å². The Labute approximate surface area is 119 Å². The number of nitrogens with two attached hydrogens (primary N) is 1. The lowest BCUT2D eigenvalue weighted by Crippen LogP contribution is -2.26. The average molecular weight is 302 g/mol. The third-order valence-electron chi connectivity index (χ3n) is 2.44. The zero-order valence-electron chi connectivity index (χ0n) is 10.9. The van der Waals surface area contributed by atoms with Gasteiger partial charge in [0.25, 0.3) is 5.69 Å². The summed E-state index contributed by atoms with van der Waals surface area (Å²) in [7, 11) is 2.78. The van der Waals surface area contributed by atoms with Crippen molar-refractivity contribution >= 4 is 23.4 Å². The SMILES string of the molecule is COc1cc(CSC(N)C(=O)O)c([N+](=O)[O-])cc1OC. The molecule has 0 aromatic heterocycles. The van der Waals surface area contributed by atoms with Crippen LogP contribution in [0.3, 0.4) is 0 Å². The fourth-order valence-electron chi connectivity index (χ4n) is 1.45. The molecule has 1 rings (SSSR count). The molecule has 0 aliphatic carbocycles. The Hall–Kier alpha value is -2.00. The summed E-state index contributed by atoms with van der Waals surface area (Å²) in [4.78, 5) is 21.1. The van der Waals surface area contributed by atoms with E-state index >= 15 is 0 Å². The van der Waals surface area contributed by atoms with Crippen molar-refractivity contribution < 1.29 is 24.3 Å². The van der Waals surface area contributed by atoms with Gasteiger partial charge in [0.15, 0.2) is 16.9 Å². The minimum Gasteiger partial charge on any atom is -0.493 e. The van der Waals surface area contributed by atoms with Gasteiger partial charge in [0.05, 0.1) is 25.2 Å². The van der Waals surface area contributed by atoms with Crippen molar-refractivity contribution in [3.8, 4) is 11.5 Å². The van der Waals surface area contributed by atoms with Gasteiger partial charge in [0, 0.05) is 11.3 Å². The van der Waals surface area contributed by atoms with Crippen LogP contribution in [0.15, 0.2) is 12.1 Å². The van der Waals surface area contributed by atoms with Crippen LogP contribution in [-0.2, 0) is 10.5 Å². The number of hydrogen-bond donors (Lipinski definition) is 2. The largest absolute Gasteiger partial charge is 0.493 e. The molecule has 9 heteroatoms. The van der Waals surface area contributed by atoms with Crippen LogP contribution >= 0.6 is 11.8 Å². The van der Waals surface area contributed by atoms with Gasteiger partial charge in [-0.3, -0.25) is 10.1 Å². The first-order valence-electron chi connectivity index (χ1n) is 5.40. The van der Waals surface area contributed by atoms with Crippen LogP contribution in [0.25, 0.3) is 0 Å². The van der Waals surface area contributed by atoms with Crippen LogP contribution in [-0.4, -0.2) is 35.6 Å². The molecule has 0 saturated carbocycles. The number of ether oxygens (including phenoxy) is 2. The maximum absolute atomic E-state index is 11.0. The van der Waals surface area contributed by atoms with Gasteiger partial charge in [-0.2, -0.15) is 0 Å². The van der Waals surface area contributed by atoms with Gasteiger partial charge < -0.3 is 20.3 Å². The number of carboxylic acids is 1. The summed E-state index contributed by atoms with van der Waals surface area (Å²) in [6, 6.07) is 2.68. The Morgan fingerprint density at radius 3 is 2.45 bits per heavy atom. The smallest absolute Gasteiger partial charge is 0.330 e. The number of rotatable bonds is 7. The van der Waals surface area contributed by atoms with Crippen molar-refractivity contribution in [2.45, 2.75) is 11.1 Å². The molecule has 0 heterocycles. The molecular formula is C11H14N2O6S. The van der Waals surface area contributed by atoms with E-state index in [1.165, 1.54) is 26.4 Å². The van der Waals surface area contributed by atoms with E-state index in [2.05, 4.69) is 0 Å². The normalized spacial score (nSPS) is 11.8. The summed E-state index contributed by atoms with van der Waals surface area (Å²) in [5, 5.41) is 18.6. The molecular weight excluding hydrogens is 288 g/mol. The minimum absolute atomic E-state index is 0.0735. The molecule has 8 nitrogen and oxygen atoms in total. The first-order chi connectivity index (χ1) is 9.40. The third kappa shape index (κ3) is 3.75. The van der Waals surface area contributed by atoms with Crippen LogP contribution < -0.4 is 15.2 Å². The number of nitro benzene ring substituents is 1. The molecule has 1 aromatic carbocycles. The zero-order valence-corrected chi connectivity index (χ0v) is 11.7. The molecule has 1 atom stereocenters. The molecule has 0 amide bonds. The molecule has 3 N–H and O–H groups in total. The third-order valence-corrected chi connectivity index (χ3v) is 3.48. The Morgan fingerprint density at radius 1 is 1.45 bits per heavy atom. The van der Waals surface area contributed by atoms with Crippen molar-refractivity contribution in [2.75, 3.05) is 14.2 Å². The number of carboxylic acid groups (broad SMARTS) is 1. The fraction of sp³-hybridized carbons (Fsp3) is 0.364. The van der Waals surface area contributed by atoms with Gasteiger partial charge in [-0.15, -0.1) is 11.8 Å². The van der Waals surface area contributed by atoms with Gasteiger partial charge in [-0.1, -0.05) is 0 Å². The lowest BCUT2D eigenvalue weighted by molar-refractivity contribution is -0.385. The highest BCUT2D eigenvalue weighted by Gasteiger charge is 2.21. The van der Waals surface area contributed by atoms with E-state index in [1.807, 2.05) is 0 Å². The molecule has 0 spiro atoms. The maximum Gasteiger partial charge on any atom is 0.330 e. The maximum atomic E-state index is 11.0. The Kier molecular flexibility index (Phi) is 5.59. The summed E-state index contributed by atoms with van der Waals surface area (Å²) in [6.45, 7) is 0. The van der Waals surface area contributed by atoms with Gasteiger partial charge in [-0.25, -0.2) is 4.79 Å². The highest BCUT2D eigenvalue weighted by Crippen LogP contribution is 2.36. The van der Waals surface area contributed by atoms with Crippen molar-refractivity contribution in [1.82, 2.24) is 0 Å². The molecule has 20 heavy (non-hydrogen) atoms. The second-order valence-corrected chi connectivity index (χ2v) is 4.79. The van der Waals surface area contributed by atoms with Gasteiger partial charge in [0.1, 0.15) is 0 Å². The van der Waals surface area contributed by atoms with Gasteiger partial charge in [0.2, 0.25) is 0 Å². The lowest BCUT2D eigenvalue weighted by Gasteiger charge is -2.11. The Morgan fingerprint density at radius 2 is 2.00 bits per heavy atom. The van der Waals surface area contributed by atoms with Crippen LogP contribution in [0.5, 0.6) is 11.5 Å². The summed E-state index contributed by atoms with van der Waals surface area (Å²) in [5.74, 6) is -0.546. The van der Waals surface area contributed by atoms with E-state index in [-0.39, 0.29) is 17.2 Å².